The topological polar surface area (TPSA) is 41.1 Å². The van der Waals surface area contributed by atoms with E-state index in [0.29, 0.717) is 6.54 Å². The zero-order valence-corrected chi connectivity index (χ0v) is 12.9. The number of carbonyl (C=O) groups excluding carboxylic acids is 1. The van der Waals surface area contributed by atoms with Crippen molar-refractivity contribution in [3.63, 3.8) is 0 Å². The van der Waals surface area contributed by atoms with Gasteiger partial charge in [-0.05, 0) is 25.6 Å². The molecule has 0 saturated heterocycles. The van der Waals surface area contributed by atoms with Gasteiger partial charge < -0.3 is 10.6 Å². The lowest BCUT2D eigenvalue weighted by Gasteiger charge is -2.13. The monoisotopic (exact) mass is 328 g/mol. The number of hydrogen-bond acceptors (Lipinski definition) is 2. The van der Waals surface area contributed by atoms with Crippen molar-refractivity contribution < 1.29 is 9.18 Å². The van der Waals surface area contributed by atoms with E-state index in [9.17, 15) is 9.18 Å². The summed E-state index contributed by atoms with van der Waals surface area (Å²) in [4.78, 5) is 11.8. The van der Waals surface area contributed by atoms with Crippen LogP contribution in [0.2, 0.25) is 10.0 Å². The van der Waals surface area contributed by atoms with Crippen molar-refractivity contribution in [2.24, 2.45) is 0 Å². The van der Waals surface area contributed by atoms with E-state index in [0.717, 1.165) is 12.6 Å². The zero-order chi connectivity index (χ0) is 13.7. The highest BCUT2D eigenvalue weighted by molar-refractivity contribution is 6.36. The lowest BCUT2D eigenvalue weighted by atomic mass is 10.2. The molecule has 0 aliphatic heterocycles. The van der Waals surface area contributed by atoms with Crippen LogP contribution in [0.25, 0.3) is 0 Å². The molecule has 1 aromatic rings. The Morgan fingerprint density at radius 2 is 2.00 bits per heavy atom. The fourth-order valence-corrected chi connectivity index (χ4v) is 1.93. The highest BCUT2D eigenvalue weighted by Gasteiger charge is 2.14. The summed E-state index contributed by atoms with van der Waals surface area (Å²) in [6.07, 6.45) is 0. The first-order valence-electron chi connectivity index (χ1n) is 5.61. The minimum Gasteiger partial charge on any atom is -0.350 e. The molecule has 0 unspecified atom stereocenters. The van der Waals surface area contributed by atoms with Gasteiger partial charge >= 0.3 is 0 Å². The summed E-state index contributed by atoms with van der Waals surface area (Å²) < 4.78 is 13.3. The van der Waals surface area contributed by atoms with E-state index in [2.05, 4.69) is 10.6 Å². The highest BCUT2D eigenvalue weighted by Crippen LogP contribution is 2.24. The number of nitrogens with one attached hydrogen (secondary N) is 2. The summed E-state index contributed by atoms with van der Waals surface area (Å²) in [7, 11) is 0. The van der Waals surface area contributed by atoms with Crippen molar-refractivity contribution in [1.82, 2.24) is 10.6 Å². The van der Waals surface area contributed by atoms with E-state index < -0.39 is 11.7 Å². The SMILES string of the molecule is CCN[C@H](C)CNC(=O)c1cc(F)c(Cl)cc1Cl.Cl. The van der Waals surface area contributed by atoms with Crippen LogP contribution in [0.3, 0.4) is 0 Å². The molecule has 0 saturated carbocycles. The third-order valence-corrected chi connectivity index (χ3v) is 2.98. The minimum absolute atomic E-state index is 0. The van der Waals surface area contributed by atoms with Gasteiger partial charge in [-0.3, -0.25) is 4.79 Å². The van der Waals surface area contributed by atoms with E-state index in [1.165, 1.54) is 6.07 Å². The predicted octanol–water partition coefficient (Wildman–Crippen LogP) is 3.28. The van der Waals surface area contributed by atoms with Crippen LogP contribution in [0.15, 0.2) is 12.1 Å². The Balaban J connectivity index is 0.00000324. The number of halogens is 4. The summed E-state index contributed by atoms with van der Waals surface area (Å²) in [5, 5.41) is 5.85. The maximum Gasteiger partial charge on any atom is 0.252 e. The van der Waals surface area contributed by atoms with Crippen LogP contribution in [-0.4, -0.2) is 25.0 Å². The molecule has 1 aromatic carbocycles. The molecule has 1 amide bonds. The number of benzene rings is 1. The number of amides is 1. The quantitative estimate of drug-likeness (QED) is 0.814. The van der Waals surface area contributed by atoms with Crippen LogP contribution < -0.4 is 10.6 Å². The molecule has 0 fully saturated rings. The van der Waals surface area contributed by atoms with Gasteiger partial charge in [0.25, 0.3) is 5.91 Å². The van der Waals surface area contributed by atoms with Gasteiger partial charge in [-0.2, -0.15) is 0 Å². The van der Waals surface area contributed by atoms with E-state index >= 15 is 0 Å². The molecule has 0 spiro atoms. The molecule has 108 valence electrons. The highest BCUT2D eigenvalue weighted by atomic mass is 35.5. The molecule has 19 heavy (non-hydrogen) atoms. The molecule has 3 nitrogen and oxygen atoms in total. The van der Waals surface area contributed by atoms with Crippen LogP contribution in [0.4, 0.5) is 4.39 Å². The van der Waals surface area contributed by atoms with Crippen LogP contribution >= 0.6 is 35.6 Å². The van der Waals surface area contributed by atoms with Crippen LogP contribution in [0.5, 0.6) is 0 Å². The van der Waals surface area contributed by atoms with Crippen LogP contribution in [-0.2, 0) is 0 Å². The summed E-state index contributed by atoms with van der Waals surface area (Å²) in [5.41, 5.74) is 0.0854. The average molecular weight is 330 g/mol. The Morgan fingerprint density at radius 1 is 1.37 bits per heavy atom. The first-order chi connectivity index (χ1) is 8.45. The fraction of sp³-hybridized carbons (Fsp3) is 0.417. The van der Waals surface area contributed by atoms with Crippen LogP contribution in [0, 0.1) is 5.82 Å². The Kier molecular flexibility index (Phi) is 8.34. The lowest BCUT2D eigenvalue weighted by Crippen LogP contribution is -2.38. The second-order valence-electron chi connectivity index (χ2n) is 3.91. The summed E-state index contributed by atoms with van der Waals surface area (Å²) in [6.45, 7) is 5.16. The third-order valence-electron chi connectivity index (χ3n) is 2.38. The lowest BCUT2D eigenvalue weighted by molar-refractivity contribution is 0.0950. The number of hydrogen-bond donors (Lipinski definition) is 2. The Morgan fingerprint density at radius 3 is 2.58 bits per heavy atom. The second kappa shape index (κ2) is 8.59. The maximum absolute atomic E-state index is 13.3. The third kappa shape index (κ3) is 5.53. The molecule has 0 aliphatic rings. The molecule has 1 atom stereocenters. The number of rotatable bonds is 5. The predicted molar refractivity (Wildman–Crippen MR) is 79.1 cm³/mol. The molecular formula is C12H16Cl3FN2O. The summed E-state index contributed by atoms with van der Waals surface area (Å²) in [6, 6.07) is 2.40. The Bertz CT molecular complexity index is 443. The first kappa shape index (κ1) is 18.4. The largest absolute Gasteiger partial charge is 0.350 e. The molecule has 0 aliphatic carbocycles. The van der Waals surface area contributed by atoms with Gasteiger partial charge in [0, 0.05) is 12.6 Å². The van der Waals surface area contributed by atoms with Crippen molar-refractivity contribution in [3.05, 3.63) is 33.6 Å². The standard InChI is InChI=1S/C12H15Cl2FN2O.ClH/c1-3-16-7(2)6-17-12(18)8-4-11(15)10(14)5-9(8)13;/h4-5,7,16H,3,6H2,1-2H3,(H,17,18);1H/t7-;/m1./s1. The van der Waals surface area contributed by atoms with Gasteiger partial charge in [0.05, 0.1) is 15.6 Å². The normalized spacial score (nSPS) is 11.6. The number of likely N-dealkylation sites (N-methyl/N-ethyl adjacent to an activating group) is 1. The van der Waals surface area contributed by atoms with Crippen molar-refractivity contribution in [2.45, 2.75) is 19.9 Å². The molecule has 0 heterocycles. The molecule has 2 N–H and O–H groups in total. The average Bonchev–Trinajstić information content (AvgIpc) is 2.31. The number of carbonyl (C=O) groups is 1. The van der Waals surface area contributed by atoms with Crippen molar-refractivity contribution in [2.75, 3.05) is 13.1 Å². The van der Waals surface area contributed by atoms with Gasteiger partial charge in [0.15, 0.2) is 0 Å². The molecular weight excluding hydrogens is 314 g/mol. The van der Waals surface area contributed by atoms with Gasteiger partial charge in [-0.25, -0.2) is 4.39 Å². The van der Waals surface area contributed by atoms with E-state index in [4.69, 9.17) is 23.2 Å². The molecule has 0 aromatic heterocycles. The molecule has 7 heteroatoms. The minimum atomic E-state index is -0.661. The van der Waals surface area contributed by atoms with Crippen molar-refractivity contribution >= 4 is 41.5 Å². The van der Waals surface area contributed by atoms with Crippen molar-refractivity contribution in [1.29, 1.82) is 0 Å². The molecule has 0 bridgehead atoms. The Hall–Kier alpha value is -0.550. The van der Waals surface area contributed by atoms with Gasteiger partial charge in [0.1, 0.15) is 5.82 Å². The van der Waals surface area contributed by atoms with Gasteiger partial charge in [-0.1, -0.05) is 30.1 Å². The van der Waals surface area contributed by atoms with Crippen molar-refractivity contribution in [3.8, 4) is 0 Å². The zero-order valence-electron chi connectivity index (χ0n) is 10.6. The summed E-state index contributed by atoms with van der Waals surface area (Å²) >= 11 is 11.4. The van der Waals surface area contributed by atoms with Crippen LogP contribution in [0.1, 0.15) is 24.2 Å². The molecule has 1 rings (SSSR count). The van der Waals surface area contributed by atoms with E-state index in [-0.39, 0.29) is 34.1 Å². The van der Waals surface area contributed by atoms with E-state index in [1.54, 1.807) is 0 Å². The summed E-state index contributed by atoms with van der Waals surface area (Å²) in [5.74, 6) is -1.08. The smallest absolute Gasteiger partial charge is 0.252 e. The Labute approximate surface area is 128 Å². The second-order valence-corrected chi connectivity index (χ2v) is 4.73. The van der Waals surface area contributed by atoms with Gasteiger partial charge in [-0.15, -0.1) is 12.4 Å². The van der Waals surface area contributed by atoms with E-state index in [1.807, 2.05) is 13.8 Å². The molecule has 0 radical (unpaired) electrons. The first-order valence-corrected chi connectivity index (χ1v) is 6.37. The van der Waals surface area contributed by atoms with Gasteiger partial charge in [0.2, 0.25) is 0 Å². The fourth-order valence-electron chi connectivity index (χ4n) is 1.46. The maximum atomic E-state index is 13.3.